The van der Waals surface area contributed by atoms with E-state index < -0.39 is 0 Å². The lowest BCUT2D eigenvalue weighted by atomic mass is 10.1. The molecule has 1 fully saturated rings. The summed E-state index contributed by atoms with van der Waals surface area (Å²) in [5, 5.41) is 1.68. The Kier molecular flexibility index (Phi) is 4.90. The zero-order valence-electron chi connectivity index (χ0n) is 10.9. The highest BCUT2D eigenvalue weighted by Gasteiger charge is 2.23. The molecular weight excluding hydrogens is 330 g/mol. The normalized spacial score (nSPS) is 19.7. The van der Waals surface area contributed by atoms with Crippen molar-refractivity contribution in [2.45, 2.75) is 30.3 Å². The summed E-state index contributed by atoms with van der Waals surface area (Å²) in [4.78, 5) is 2.45. The summed E-state index contributed by atoms with van der Waals surface area (Å²) in [7, 11) is 0. The summed E-state index contributed by atoms with van der Waals surface area (Å²) < 4.78 is 0.397. The Morgan fingerprint density at radius 1 is 1.39 bits per heavy atom. The Labute approximate surface area is 127 Å². The highest BCUT2D eigenvalue weighted by atomic mass is 79.9. The van der Waals surface area contributed by atoms with Crippen molar-refractivity contribution in [3.63, 3.8) is 0 Å². The predicted octanol–water partition coefficient (Wildman–Crippen LogP) is 4.96. The minimum absolute atomic E-state index is 0.397. The van der Waals surface area contributed by atoms with E-state index in [2.05, 4.69) is 64.6 Å². The van der Waals surface area contributed by atoms with Gasteiger partial charge >= 0.3 is 0 Å². The Balaban J connectivity index is 2.14. The van der Waals surface area contributed by atoms with Crippen molar-refractivity contribution in [2.75, 3.05) is 23.7 Å². The number of benzene rings is 1. The lowest BCUT2D eigenvalue weighted by Gasteiger charge is -2.24. The fourth-order valence-electron chi connectivity index (χ4n) is 2.12. The Morgan fingerprint density at radius 3 is 2.83 bits per heavy atom. The summed E-state index contributed by atoms with van der Waals surface area (Å²) in [6.45, 7) is 6.90. The number of halogens is 2. The van der Waals surface area contributed by atoms with Crippen LogP contribution >= 0.6 is 39.3 Å². The van der Waals surface area contributed by atoms with Gasteiger partial charge in [-0.05, 0) is 24.1 Å². The second kappa shape index (κ2) is 6.06. The molecule has 1 nitrogen and oxygen atoms in total. The molecular formula is C14H19BrClNS. The highest BCUT2D eigenvalue weighted by Crippen LogP contribution is 2.33. The Hall–Kier alpha value is 0.140. The fourth-order valence-corrected chi connectivity index (χ4v) is 4.11. The third-order valence-electron chi connectivity index (χ3n) is 3.38. The summed E-state index contributed by atoms with van der Waals surface area (Å²) in [5.74, 6) is 1.19. The van der Waals surface area contributed by atoms with E-state index in [4.69, 9.17) is 11.6 Å². The summed E-state index contributed by atoms with van der Waals surface area (Å²) in [6.07, 6.45) is 1.22. The van der Waals surface area contributed by atoms with E-state index in [0.717, 1.165) is 29.0 Å². The molecule has 0 spiro atoms. The van der Waals surface area contributed by atoms with Gasteiger partial charge in [-0.15, -0.1) is 0 Å². The number of rotatable bonds is 2. The average molecular weight is 349 g/mol. The van der Waals surface area contributed by atoms with E-state index in [9.17, 15) is 0 Å². The van der Waals surface area contributed by atoms with Crippen LogP contribution in [-0.4, -0.2) is 23.6 Å². The maximum atomic E-state index is 6.28. The van der Waals surface area contributed by atoms with Crippen molar-refractivity contribution < 1.29 is 0 Å². The zero-order chi connectivity index (χ0) is 13.2. The molecule has 100 valence electrons. The van der Waals surface area contributed by atoms with Crippen molar-refractivity contribution in [2.24, 2.45) is 0 Å². The minimum atomic E-state index is 0.397. The van der Waals surface area contributed by atoms with Crippen LogP contribution in [0, 0.1) is 0 Å². The second-order valence-corrected chi connectivity index (χ2v) is 8.02. The van der Waals surface area contributed by atoms with Crippen LogP contribution in [0.4, 0.5) is 5.69 Å². The number of anilines is 1. The van der Waals surface area contributed by atoms with Crippen molar-refractivity contribution in [3.8, 4) is 0 Å². The number of nitrogens with zero attached hydrogens (tertiary/aromatic N) is 1. The van der Waals surface area contributed by atoms with Crippen LogP contribution in [0.5, 0.6) is 0 Å². The van der Waals surface area contributed by atoms with Crippen LogP contribution in [0.1, 0.15) is 25.8 Å². The van der Waals surface area contributed by atoms with E-state index in [1.165, 1.54) is 17.9 Å². The van der Waals surface area contributed by atoms with Crippen LogP contribution in [0.25, 0.3) is 0 Å². The third-order valence-corrected chi connectivity index (χ3v) is 5.71. The van der Waals surface area contributed by atoms with Crippen LogP contribution in [0.2, 0.25) is 5.02 Å². The van der Waals surface area contributed by atoms with E-state index in [1.54, 1.807) is 0 Å². The van der Waals surface area contributed by atoms with Crippen LogP contribution < -0.4 is 4.90 Å². The average Bonchev–Trinajstić information content (AvgIpc) is 2.50. The second-order valence-electron chi connectivity index (χ2n) is 5.25. The fraction of sp³-hybridized carbons (Fsp3) is 0.571. The van der Waals surface area contributed by atoms with Crippen molar-refractivity contribution in [1.29, 1.82) is 0 Å². The molecule has 0 radical (unpaired) electrons. The smallest absolute Gasteiger partial charge is 0.0467 e. The maximum absolute atomic E-state index is 6.28. The molecule has 1 aromatic rings. The standard InChI is InChI=1S/C14H19BrClNS/c1-14(2)5-6-17(7-8-18-14)12-4-3-11(10-15)13(16)9-12/h3-4,9H,5-8,10H2,1-2H3. The van der Waals surface area contributed by atoms with Gasteiger partial charge in [0, 0.05) is 39.6 Å². The first-order chi connectivity index (χ1) is 8.52. The van der Waals surface area contributed by atoms with E-state index >= 15 is 0 Å². The van der Waals surface area contributed by atoms with Gasteiger partial charge in [-0.2, -0.15) is 11.8 Å². The summed E-state index contributed by atoms with van der Waals surface area (Å²) in [6, 6.07) is 6.40. The SMILES string of the molecule is CC1(C)CCN(c2ccc(CBr)c(Cl)c2)CCS1. The van der Waals surface area contributed by atoms with Gasteiger partial charge in [-0.25, -0.2) is 0 Å². The van der Waals surface area contributed by atoms with Gasteiger partial charge < -0.3 is 4.90 Å². The molecule has 1 aliphatic heterocycles. The molecule has 0 amide bonds. The van der Waals surface area contributed by atoms with E-state index in [-0.39, 0.29) is 0 Å². The van der Waals surface area contributed by atoms with Gasteiger partial charge in [0.2, 0.25) is 0 Å². The van der Waals surface area contributed by atoms with Gasteiger partial charge in [0.05, 0.1) is 0 Å². The van der Waals surface area contributed by atoms with E-state index in [1.807, 2.05) is 0 Å². The van der Waals surface area contributed by atoms with Crippen molar-refractivity contribution >= 4 is 45.0 Å². The molecule has 0 atom stereocenters. The number of thioether (sulfide) groups is 1. The predicted molar refractivity (Wildman–Crippen MR) is 87.5 cm³/mol. The lowest BCUT2D eigenvalue weighted by molar-refractivity contribution is 0.638. The minimum Gasteiger partial charge on any atom is -0.371 e. The van der Waals surface area contributed by atoms with Gasteiger partial charge in [0.25, 0.3) is 0 Å². The monoisotopic (exact) mass is 347 g/mol. The largest absolute Gasteiger partial charge is 0.371 e. The summed E-state index contributed by atoms with van der Waals surface area (Å²) in [5.41, 5.74) is 2.41. The molecule has 0 aromatic heterocycles. The van der Waals surface area contributed by atoms with Gasteiger partial charge in [-0.3, -0.25) is 0 Å². The third kappa shape index (κ3) is 3.58. The molecule has 1 heterocycles. The molecule has 0 aliphatic carbocycles. The molecule has 2 rings (SSSR count). The van der Waals surface area contributed by atoms with Crippen molar-refractivity contribution in [3.05, 3.63) is 28.8 Å². The molecule has 18 heavy (non-hydrogen) atoms. The van der Waals surface area contributed by atoms with Gasteiger partial charge in [0.1, 0.15) is 0 Å². The molecule has 0 saturated carbocycles. The van der Waals surface area contributed by atoms with Crippen molar-refractivity contribution in [1.82, 2.24) is 0 Å². The maximum Gasteiger partial charge on any atom is 0.0467 e. The first-order valence-corrected chi connectivity index (χ1v) is 8.74. The Morgan fingerprint density at radius 2 is 2.17 bits per heavy atom. The van der Waals surface area contributed by atoms with Crippen LogP contribution in [-0.2, 0) is 5.33 Å². The van der Waals surface area contributed by atoms with E-state index in [0.29, 0.717) is 4.75 Å². The zero-order valence-corrected chi connectivity index (χ0v) is 14.0. The molecule has 1 aliphatic rings. The molecule has 4 heteroatoms. The highest BCUT2D eigenvalue weighted by molar-refractivity contribution is 9.08. The lowest BCUT2D eigenvalue weighted by Crippen LogP contribution is -2.26. The first kappa shape index (κ1) is 14.5. The quantitative estimate of drug-likeness (QED) is 0.695. The Bertz CT molecular complexity index is 422. The van der Waals surface area contributed by atoms with Crippen LogP contribution in [0.15, 0.2) is 18.2 Å². The molecule has 1 aromatic carbocycles. The van der Waals surface area contributed by atoms with Crippen LogP contribution in [0.3, 0.4) is 0 Å². The number of hydrogen-bond donors (Lipinski definition) is 0. The summed E-state index contributed by atoms with van der Waals surface area (Å²) >= 11 is 11.8. The molecule has 0 N–H and O–H groups in total. The molecule has 0 bridgehead atoms. The molecule has 0 unspecified atom stereocenters. The number of alkyl halides is 1. The van der Waals surface area contributed by atoms with Gasteiger partial charge in [-0.1, -0.05) is 47.4 Å². The first-order valence-electron chi connectivity index (χ1n) is 6.25. The molecule has 1 saturated heterocycles. The van der Waals surface area contributed by atoms with Gasteiger partial charge in [0.15, 0.2) is 0 Å². The topological polar surface area (TPSA) is 3.24 Å². The number of hydrogen-bond acceptors (Lipinski definition) is 2.